The van der Waals surface area contributed by atoms with Gasteiger partial charge >= 0.3 is 0 Å². The van der Waals surface area contributed by atoms with Crippen molar-refractivity contribution in [1.82, 2.24) is 0 Å². The normalized spacial score (nSPS) is 11.6. The molecular weight excluding hydrogens is 184 g/mol. The molecule has 0 aromatic carbocycles. The van der Waals surface area contributed by atoms with Gasteiger partial charge in [-0.2, -0.15) is 0 Å². The summed E-state index contributed by atoms with van der Waals surface area (Å²) in [7, 11) is 3.73. The first-order valence-electron chi connectivity index (χ1n) is 2.80. The molecule has 4 heteroatoms. The fourth-order valence-electron chi connectivity index (χ4n) is 0.297. The van der Waals surface area contributed by atoms with Crippen LogP contribution in [0.3, 0.4) is 0 Å². The summed E-state index contributed by atoms with van der Waals surface area (Å²) in [4.78, 5) is 0. The van der Waals surface area contributed by atoms with Gasteiger partial charge in [-0.1, -0.05) is 22.8 Å². The van der Waals surface area contributed by atoms with Gasteiger partial charge in [0.05, 0.1) is 0 Å². The van der Waals surface area contributed by atoms with E-state index in [1.54, 1.807) is 0 Å². The smallest absolute Gasteiger partial charge is 0.0292 e. The van der Waals surface area contributed by atoms with E-state index in [9.17, 15) is 0 Å². The maximum Gasteiger partial charge on any atom is 0.0292 e. The molecule has 0 bridgehead atoms. The fourth-order valence-corrected chi connectivity index (χ4v) is 4.18. The van der Waals surface area contributed by atoms with Crippen molar-refractivity contribution in [2.24, 2.45) is 0 Å². The summed E-state index contributed by atoms with van der Waals surface area (Å²) in [5.41, 5.74) is 8.49. The van der Waals surface area contributed by atoms with E-state index in [4.69, 9.17) is 0 Å². The van der Waals surface area contributed by atoms with Crippen molar-refractivity contribution < 1.29 is 0 Å². The van der Waals surface area contributed by atoms with Crippen LogP contribution < -0.4 is 0 Å². The van der Waals surface area contributed by atoms with Crippen LogP contribution in [0.2, 0.25) is 0 Å². The maximum atomic E-state index is 3.67. The first-order chi connectivity index (χ1) is 4.91. The standard InChI is InChI=1S/C6H8Si4/c1-3-7-9-5-6-10-8-4-2/h3-6H,1-2H2/b6-5+,9-7?,10-8?. The molecule has 0 saturated carbocycles. The highest BCUT2D eigenvalue weighted by molar-refractivity contribution is 6.82. The number of hydrogen-bond acceptors (Lipinski definition) is 0. The molecule has 10 heavy (non-hydrogen) atoms. The average Bonchev–Trinajstić information content (AvgIpc) is 1.97. The monoisotopic (exact) mass is 192 g/mol. The molecule has 0 fully saturated rings. The van der Waals surface area contributed by atoms with Gasteiger partial charge in [0.1, 0.15) is 0 Å². The van der Waals surface area contributed by atoms with E-state index in [-0.39, 0.29) is 0 Å². The molecule has 0 unspecified atom stereocenters. The average molecular weight is 192 g/mol. The van der Waals surface area contributed by atoms with Crippen molar-refractivity contribution in [2.75, 3.05) is 0 Å². The lowest BCUT2D eigenvalue weighted by Crippen LogP contribution is -1.79. The van der Waals surface area contributed by atoms with E-state index in [0.717, 1.165) is 34.5 Å². The molecule has 48 valence electrons. The molecule has 0 aliphatic carbocycles. The zero-order chi connectivity index (χ0) is 7.66. The third-order valence-corrected chi connectivity index (χ3v) is 5.59. The third kappa shape index (κ3) is 8.09. The third-order valence-electron chi connectivity index (χ3n) is 0.621. The molecule has 0 N–H and O–H groups in total. The molecule has 0 aromatic heterocycles. The van der Waals surface area contributed by atoms with Crippen LogP contribution in [-0.4, -0.2) is 34.5 Å². The molecule has 0 aromatic rings. The van der Waals surface area contributed by atoms with Crippen LogP contribution in [0, 0.1) is 0 Å². The summed E-state index contributed by atoms with van der Waals surface area (Å²) >= 11 is 0. The Kier molecular flexibility index (Phi) is 9.17. The van der Waals surface area contributed by atoms with Gasteiger partial charge in [-0.25, -0.2) is 0 Å². The Hall–Kier alpha value is 0.0875. The first kappa shape index (κ1) is 10.1. The summed E-state index contributed by atoms with van der Waals surface area (Å²) in [6, 6.07) is 0. The Balaban J connectivity index is 3.55. The lowest BCUT2D eigenvalue weighted by molar-refractivity contribution is 2.47. The van der Waals surface area contributed by atoms with Crippen LogP contribution in [0.4, 0.5) is 0 Å². The van der Waals surface area contributed by atoms with Gasteiger partial charge in [0, 0.05) is 34.5 Å². The Bertz CT molecular complexity index is 158. The molecule has 0 atom stereocenters. The van der Waals surface area contributed by atoms with Crippen LogP contribution >= 0.6 is 0 Å². The van der Waals surface area contributed by atoms with E-state index in [1.807, 2.05) is 11.4 Å². The second-order valence-electron chi connectivity index (χ2n) is 1.32. The van der Waals surface area contributed by atoms with Crippen LogP contribution in [0.15, 0.2) is 36.0 Å². The van der Waals surface area contributed by atoms with Gasteiger partial charge < -0.3 is 0 Å². The van der Waals surface area contributed by atoms with Gasteiger partial charge in [-0.15, -0.1) is 13.2 Å². The Morgan fingerprint density at radius 1 is 0.700 bits per heavy atom. The second kappa shape index (κ2) is 9.09. The predicted octanol–water partition coefficient (Wildman–Crippen LogP) is 0.391. The highest BCUT2D eigenvalue weighted by Crippen LogP contribution is 1.57. The SMILES string of the molecule is C=C[Si]=[Si]/C=C/[Si]=[Si]C=C. The van der Waals surface area contributed by atoms with Gasteiger partial charge in [-0.3, -0.25) is 0 Å². The lowest BCUT2D eigenvalue weighted by atomic mass is 11.2. The Labute approximate surface area is 70.7 Å². The summed E-state index contributed by atoms with van der Waals surface area (Å²) < 4.78 is 0. The summed E-state index contributed by atoms with van der Waals surface area (Å²) in [5.74, 6) is 0. The topological polar surface area (TPSA) is 0 Å². The first-order valence-corrected chi connectivity index (χ1v) is 9.11. The van der Waals surface area contributed by atoms with Crippen LogP contribution in [0.1, 0.15) is 0 Å². The van der Waals surface area contributed by atoms with Crippen LogP contribution in [0.5, 0.6) is 0 Å². The number of rotatable bonds is 4. The van der Waals surface area contributed by atoms with Crippen LogP contribution in [-0.2, 0) is 0 Å². The minimum Gasteiger partial charge on any atom is -0.104 e. The van der Waals surface area contributed by atoms with E-state index in [0.29, 0.717) is 0 Å². The van der Waals surface area contributed by atoms with Gasteiger partial charge in [-0.05, 0) is 0 Å². The quantitative estimate of drug-likeness (QED) is 0.566. The van der Waals surface area contributed by atoms with E-state index in [1.165, 1.54) is 0 Å². The lowest BCUT2D eigenvalue weighted by Gasteiger charge is -1.67. The minimum absolute atomic E-state index is 0.913. The Morgan fingerprint density at radius 2 is 1.10 bits per heavy atom. The molecule has 0 aliphatic heterocycles. The van der Waals surface area contributed by atoms with Crippen molar-refractivity contribution in [3.05, 3.63) is 36.0 Å². The maximum absolute atomic E-state index is 3.67. The van der Waals surface area contributed by atoms with Gasteiger partial charge in [0.15, 0.2) is 0 Å². The van der Waals surface area contributed by atoms with Crippen molar-refractivity contribution in [2.45, 2.75) is 0 Å². The van der Waals surface area contributed by atoms with Crippen molar-refractivity contribution in [3.8, 4) is 0 Å². The molecule has 0 heterocycles. The molecule has 0 amide bonds. The number of hydrogen-bond donors (Lipinski definition) is 0. The largest absolute Gasteiger partial charge is 0.104 e. The zero-order valence-electron chi connectivity index (χ0n) is 5.72. The molecule has 4 radical (unpaired) electrons. The Morgan fingerprint density at radius 3 is 1.40 bits per heavy atom. The molecule has 0 aliphatic rings. The zero-order valence-corrected chi connectivity index (χ0v) is 9.72. The van der Waals surface area contributed by atoms with Crippen molar-refractivity contribution in [1.29, 1.82) is 0 Å². The highest BCUT2D eigenvalue weighted by Gasteiger charge is 1.62. The van der Waals surface area contributed by atoms with Gasteiger partial charge in [0.2, 0.25) is 0 Å². The summed E-state index contributed by atoms with van der Waals surface area (Å²) in [5, 5.41) is 0. The second-order valence-corrected chi connectivity index (χ2v) is 7.42. The van der Waals surface area contributed by atoms with Crippen molar-refractivity contribution in [3.63, 3.8) is 0 Å². The molecular formula is C6H8Si4. The molecule has 0 saturated heterocycles. The van der Waals surface area contributed by atoms with E-state index in [2.05, 4.69) is 24.6 Å². The van der Waals surface area contributed by atoms with E-state index < -0.39 is 0 Å². The summed E-state index contributed by atoms with van der Waals surface area (Å²) in [6.45, 7) is 7.34. The summed E-state index contributed by atoms with van der Waals surface area (Å²) in [6.07, 6.45) is 0. The fraction of sp³-hybridized carbons (Fsp3) is 0. The van der Waals surface area contributed by atoms with Crippen molar-refractivity contribution >= 4 is 34.5 Å². The predicted molar refractivity (Wildman–Crippen MR) is 52.6 cm³/mol. The van der Waals surface area contributed by atoms with E-state index >= 15 is 0 Å². The minimum atomic E-state index is 0.913. The molecule has 0 rings (SSSR count). The molecule has 0 spiro atoms. The van der Waals surface area contributed by atoms with Crippen LogP contribution in [0.25, 0.3) is 0 Å². The van der Waals surface area contributed by atoms with Gasteiger partial charge in [0.25, 0.3) is 0 Å². The molecule has 0 nitrogen and oxygen atoms in total. The highest BCUT2D eigenvalue weighted by atomic mass is 28.9.